The van der Waals surface area contributed by atoms with Gasteiger partial charge in [-0.1, -0.05) is 11.6 Å². The molecule has 0 atom stereocenters. The molecule has 0 spiro atoms. The molecule has 0 aliphatic heterocycles. The predicted molar refractivity (Wildman–Crippen MR) is 52.0 cm³/mol. The van der Waals surface area contributed by atoms with Gasteiger partial charge in [-0.2, -0.15) is 5.10 Å². The number of nitrogens with zero attached hydrogens (tertiary/aromatic N) is 3. The lowest BCUT2D eigenvalue weighted by molar-refractivity contribution is 1.16. The highest BCUT2D eigenvalue weighted by molar-refractivity contribution is 6.30. The summed E-state index contributed by atoms with van der Waals surface area (Å²) in [5.74, 6) is 5.04. The molecule has 2 aromatic heterocycles. The predicted octanol–water partition coefficient (Wildman–Crippen LogP) is 1.28. The van der Waals surface area contributed by atoms with Gasteiger partial charge in [-0.25, -0.2) is 4.98 Å². The summed E-state index contributed by atoms with van der Waals surface area (Å²) in [6.45, 7) is 0. The average molecular weight is 195 g/mol. The molecule has 4 nitrogen and oxygen atoms in total. The first kappa shape index (κ1) is 8.07. The Morgan fingerprint density at radius 2 is 2.38 bits per heavy atom. The van der Waals surface area contributed by atoms with Crippen molar-refractivity contribution in [2.75, 3.05) is 0 Å². The van der Waals surface area contributed by atoms with E-state index in [2.05, 4.69) is 10.1 Å². The van der Waals surface area contributed by atoms with Gasteiger partial charge in [-0.15, -0.1) is 0 Å². The molecule has 13 heavy (non-hydrogen) atoms. The summed E-state index contributed by atoms with van der Waals surface area (Å²) >= 11 is 5.82. The fraction of sp³-hybridized carbons (Fsp3) is 0. The third kappa shape index (κ3) is 1.36. The zero-order valence-electron chi connectivity index (χ0n) is 6.68. The van der Waals surface area contributed by atoms with Crippen LogP contribution < -0.4 is 5.84 Å². The van der Waals surface area contributed by atoms with Crippen molar-refractivity contribution in [1.29, 1.82) is 0 Å². The summed E-state index contributed by atoms with van der Waals surface area (Å²) in [7, 11) is 0. The summed E-state index contributed by atoms with van der Waals surface area (Å²) in [5.41, 5.74) is 1.62. The molecule has 5 heteroatoms. The second kappa shape index (κ2) is 3.06. The number of hydrogen-bond donors (Lipinski definition) is 1. The van der Waals surface area contributed by atoms with E-state index in [0.717, 1.165) is 11.3 Å². The van der Waals surface area contributed by atoms with Crippen LogP contribution in [-0.2, 0) is 0 Å². The van der Waals surface area contributed by atoms with Crippen molar-refractivity contribution >= 4 is 23.5 Å². The summed E-state index contributed by atoms with van der Waals surface area (Å²) in [6, 6.07) is 3.61. The van der Waals surface area contributed by atoms with Crippen LogP contribution in [0, 0.1) is 0 Å². The highest BCUT2D eigenvalue weighted by Gasteiger charge is 2.00. The lowest BCUT2D eigenvalue weighted by atomic mass is 10.4. The van der Waals surface area contributed by atoms with E-state index in [4.69, 9.17) is 17.4 Å². The van der Waals surface area contributed by atoms with Crippen molar-refractivity contribution in [3.05, 3.63) is 35.2 Å². The Hall–Kier alpha value is -1.55. The van der Waals surface area contributed by atoms with Gasteiger partial charge in [0.15, 0.2) is 0 Å². The Morgan fingerprint density at radius 3 is 3.15 bits per heavy atom. The zero-order valence-corrected chi connectivity index (χ0v) is 7.44. The summed E-state index contributed by atoms with van der Waals surface area (Å²) in [4.78, 5) is 4.14. The van der Waals surface area contributed by atoms with E-state index in [1.54, 1.807) is 18.5 Å². The Kier molecular flexibility index (Phi) is 1.90. The first-order chi connectivity index (χ1) is 6.31. The SMILES string of the molecule is N/N=C/c1cnc2ccc(Cl)cn12. The molecular formula is C8H7ClN4. The van der Waals surface area contributed by atoms with Gasteiger partial charge < -0.3 is 5.84 Å². The molecule has 2 heterocycles. The standard InChI is InChI=1S/C8H7ClN4/c9-6-1-2-8-11-3-7(4-12-10)13(8)5-6/h1-5H,10H2/b12-4+. The third-order valence-electron chi connectivity index (χ3n) is 1.70. The minimum atomic E-state index is 0.650. The minimum absolute atomic E-state index is 0.650. The van der Waals surface area contributed by atoms with Crippen LogP contribution in [0.2, 0.25) is 5.02 Å². The fourth-order valence-electron chi connectivity index (χ4n) is 1.15. The second-order valence-electron chi connectivity index (χ2n) is 2.54. The number of hydrogen-bond acceptors (Lipinski definition) is 3. The van der Waals surface area contributed by atoms with Crippen molar-refractivity contribution in [2.24, 2.45) is 10.9 Å². The van der Waals surface area contributed by atoms with E-state index in [1.165, 1.54) is 6.21 Å². The molecule has 0 saturated carbocycles. The van der Waals surface area contributed by atoms with Gasteiger partial charge in [0.05, 0.1) is 23.1 Å². The molecule has 0 unspecified atom stereocenters. The maximum atomic E-state index is 5.82. The zero-order chi connectivity index (χ0) is 9.26. The minimum Gasteiger partial charge on any atom is -0.323 e. The van der Waals surface area contributed by atoms with Crippen molar-refractivity contribution in [3.63, 3.8) is 0 Å². The van der Waals surface area contributed by atoms with Gasteiger partial charge >= 0.3 is 0 Å². The van der Waals surface area contributed by atoms with E-state index >= 15 is 0 Å². The fourth-order valence-corrected chi connectivity index (χ4v) is 1.31. The number of fused-ring (bicyclic) bond motifs is 1. The molecule has 0 fully saturated rings. The quantitative estimate of drug-likeness (QED) is 0.423. The molecule has 2 N–H and O–H groups in total. The molecule has 0 radical (unpaired) electrons. The first-order valence-corrected chi connectivity index (χ1v) is 4.05. The lowest BCUT2D eigenvalue weighted by Gasteiger charge is -1.95. The van der Waals surface area contributed by atoms with Crippen LogP contribution in [0.5, 0.6) is 0 Å². The second-order valence-corrected chi connectivity index (χ2v) is 2.97. The van der Waals surface area contributed by atoms with Crippen LogP contribution in [0.4, 0.5) is 0 Å². The maximum absolute atomic E-state index is 5.82. The number of hydrazone groups is 1. The lowest BCUT2D eigenvalue weighted by Crippen LogP contribution is -1.92. The van der Waals surface area contributed by atoms with Gasteiger partial charge in [0.2, 0.25) is 0 Å². The number of nitrogens with two attached hydrogens (primary N) is 1. The normalized spacial score (nSPS) is 11.5. The number of aromatic nitrogens is 2. The van der Waals surface area contributed by atoms with Crippen LogP contribution in [0.25, 0.3) is 5.65 Å². The molecule has 2 rings (SSSR count). The van der Waals surface area contributed by atoms with Gasteiger partial charge in [0, 0.05) is 6.20 Å². The van der Waals surface area contributed by atoms with Crippen LogP contribution in [0.3, 0.4) is 0 Å². The molecule has 0 bridgehead atoms. The van der Waals surface area contributed by atoms with Crippen molar-refractivity contribution in [1.82, 2.24) is 9.38 Å². The van der Waals surface area contributed by atoms with E-state index in [0.29, 0.717) is 5.02 Å². The Labute approximate surface area is 79.6 Å². The third-order valence-corrected chi connectivity index (χ3v) is 1.93. The average Bonchev–Trinajstić information content (AvgIpc) is 2.49. The van der Waals surface area contributed by atoms with Gasteiger partial charge in [0.25, 0.3) is 0 Å². The van der Waals surface area contributed by atoms with Gasteiger partial charge in [-0.3, -0.25) is 4.40 Å². The maximum Gasteiger partial charge on any atom is 0.137 e. The van der Waals surface area contributed by atoms with E-state index < -0.39 is 0 Å². The van der Waals surface area contributed by atoms with Crippen molar-refractivity contribution in [2.45, 2.75) is 0 Å². The Bertz CT molecular complexity index is 460. The molecule has 0 saturated heterocycles. The van der Waals surface area contributed by atoms with Gasteiger partial charge in [0.1, 0.15) is 5.65 Å². The van der Waals surface area contributed by atoms with E-state index in [-0.39, 0.29) is 0 Å². The van der Waals surface area contributed by atoms with Crippen LogP contribution >= 0.6 is 11.6 Å². The molecular weight excluding hydrogens is 188 g/mol. The highest BCUT2D eigenvalue weighted by Crippen LogP contribution is 2.11. The summed E-state index contributed by atoms with van der Waals surface area (Å²) in [5, 5.41) is 4.08. The molecule has 0 aromatic carbocycles. The number of halogens is 1. The van der Waals surface area contributed by atoms with E-state index in [9.17, 15) is 0 Å². The molecule has 0 aliphatic carbocycles. The van der Waals surface area contributed by atoms with E-state index in [1.807, 2.05) is 10.5 Å². The molecule has 2 aromatic rings. The summed E-state index contributed by atoms with van der Waals surface area (Å²) < 4.78 is 1.82. The number of pyridine rings is 1. The van der Waals surface area contributed by atoms with Crippen LogP contribution in [0.1, 0.15) is 5.69 Å². The number of rotatable bonds is 1. The number of imidazole rings is 1. The molecule has 0 amide bonds. The largest absolute Gasteiger partial charge is 0.323 e. The smallest absolute Gasteiger partial charge is 0.137 e. The van der Waals surface area contributed by atoms with Crippen LogP contribution in [0.15, 0.2) is 29.6 Å². The Balaban J connectivity index is 2.71. The Morgan fingerprint density at radius 1 is 1.54 bits per heavy atom. The first-order valence-electron chi connectivity index (χ1n) is 3.67. The van der Waals surface area contributed by atoms with Crippen molar-refractivity contribution in [3.8, 4) is 0 Å². The molecule has 66 valence electrons. The van der Waals surface area contributed by atoms with Crippen LogP contribution in [-0.4, -0.2) is 15.6 Å². The highest BCUT2D eigenvalue weighted by atomic mass is 35.5. The van der Waals surface area contributed by atoms with Gasteiger partial charge in [-0.05, 0) is 12.1 Å². The van der Waals surface area contributed by atoms with Crippen molar-refractivity contribution < 1.29 is 0 Å². The monoisotopic (exact) mass is 194 g/mol. The summed E-state index contributed by atoms with van der Waals surface area (Å²) in [6.07, 6.45) is 4.97. The molecule has 0 aliphatic rings. The topological polar surface area (TPSA) is 55.7 Å².